The number of benzene rings is 1. The molecular weight excluding hydrogens is 807 g/mol. The van der Waals surface area contributed by atoms with Crippen molar-refractivity contribution in [3.8, 4) is 22.5 Å². The van der Waals surface area contributed by atoms with Gasteiger partial charge in [0.15, 0.2) is 0 Å². The van der Waals surface area contributed by atoms with Crippen molar-refractivity contribution in [2.24, 2.45) is 23.2 Å². The molecule has 14 nitrogen and oxygen atoms in total. The normalized spacial score (nSPS) is 27.2. The van der Waals surface area contributed by atoms with Gasteiger partial charge in [-0.25, -0.2) is 10.4 Å². The summed E-state index contributed by atoms with van der Waals surface area (Å²) in [5.41, 5.74) is 9.49. The first-order chi connectivity index (χ1) is 29.8. The number of pyridine rings is 1. The van der Waals surface area contributed by atoms with Gasteiger partial charge in [0.2, 0.25) is 5.91 Å². The van der Waals surface area contributed by atoms with E-state index in [1.807, 2.05) is 18.4 Å². The van der Waals surface area contributed by atoms with Crippen molar-refractivity contribution in [1.82, 2.24) is 35.2 Å². The summed E-state index contributed by atoms with van der Waals surface area (Å²) in [4.78, 5) is 55.2. The predicted molar refractivity (Wildman–Crippen MR) is 238 cm³/mol. The quantitative estimate of drug-likeness (QED) is 0.163. The van der Waals surface area contributed by atoms with Crippen LogP contribution in [-0.4, -0.2) is 114 Å². The molecule has 2 N–H and O–H groups in total. The second kappa shape index (κ2) is 18.5. The highest BCUT2D eigenvalue weighted by atomic mass is 32.1. The molecule has 3 aliphatic heterocycles. The summed E-state index contributed by atoms with van der Waals surface area (Å²) in [5.74, 6) is -0.784. The number of hydrogen-bond acceptors (Lipinski definition) is 12. The fourth-order valence-electron chi connectivity index (χ4n) is 9.65. The van der Waals surface area contributed by atoms with Gasteiger partial charge in [0.05, 0.1) is 42.5 Å². The number of likely N-dealkylation sites (tertiary alicyclic amines) is 1. The van der Waals surface area contributed by atoms with Crippen LogP contribution < -0.4 is 10.7 Å². The van der Waals surface area contributed by atoms with Crippen LogP contribution in [0.1, 0.15) is 89.3 Å². The molecule has 15 heteroatoms. The summed E-state index contributed by atoms with van der Waals surface area (Å²) < 4.78 is 26.7. The highest BCUT2D eigenvalue weighted by Crippen LogP contribution is 2.46. The Morgan fingerprint density at radius 2 is 1.94 bits per heavy atom. The van der Waals surface area contributed by atoms with Crippen LogP contribution in [0.3, 0.4) is 0 Å². The predicted octanol–water partition coefficient (Wildman–Crippen LogP) is 6.34. The third kappa shape index (κ3) is 8.94. The number of cyclic esters (lactones) is 1. The Balaban J connectivity index is 1.25. The molecular formula is C47H63N7O7S. The fraction of sp³-hybridized carbons (Fsp3) is 0.596. The van der Waals surface area contributed by atoms with Gasteiger partial charge in [-0.3, -0.25) is 29.3 Å². The third-order valence-electron chi connectivity index (χ3n) is 13.6. The van der Waals surface area contributed by atoms with Gasteiger partial charge in [-0.15, -0.1) is 11.3 Å². The molecule has 6 heterocycles. The lowest BCUT2D eigenvalue weighted by Gasteiger charge is -2.37. The summed E-state index contributed by atoms with van der Waals surface area (Å²) in [7, 11) is 3.44. The SMILES string of the molecule is CCn1c(-c2cccnc2[C@H](C)OC)c2c3cc(ccc31)-c1csc(n1)[C@@H](OCCN1CC[C@H](OC)C1)[C@H](NC(=O)C1[C@@H](C)[C@H]1C)C(=O)N1CCC[C@H](N1)C(=O)OCC(C)(C)C2. The van der Waals surface area contributed by atoms with E-state index in [0.29, 0.717) is 50.5 Å². The standard InChI is InChI=1S/C47H63N7O7S/c1-9-53-37-15-14-30-22-33(37)34(41(53)32-12-10-17-48-39(32)29(4)58-7)23-47(5,6)26-61-46(57)35-13-11-18-54(51-35)45(56)40(50-43(55)38-27(2)28(38)3)42(44-49-36(30)25-62-44)60-21-20-52-19-16-31(24-52)59-8/h10,12,14-15,17,22,25,27-29,31,35,38,40,42,51H,9,11,13,16,18-21,23-24,26H2,1-8H3,(H,50,55)/t27-,28+,29-,31-,35-,38?,40-,42-/m0/s1. The lowest BCUT2D eigenvalue weighted by molar-refractivity contribution is -0.157. The van der Waals surface area contributed by atoms with E-state index in [4.69, 9.17) is 28.9 Å². The van der Waals surface area contributed by atoms with E-state index in [2.05, 4.69) is 79.1 Å². The van der Waals surface area contributed by atoms with Gasteiger partial charge in [-0.05, 0) is 81.2 Å². The molecule has 0 radical (unpaired) electrons. The second-order valence-corrected chi connectivity index (χ2v) is 19.3. The average molecular weight is 870 g/mol. The number of nitrogens with zero attached hydrogens (tertiary/aromatic N) is 5. The molecule has 2 saturated heterocycles. The van der Waals surface area contributed by atoms with Gasteiger partial charge in [-0.2, -0.15) is 0 Å². The van der Waals surface area contributed by atoms with Crippen LogP contribution in [0.2, 0.25) is 0 Å². The summed E-state index contributed by atoms with van der Waals surface area (Å²) in [5, 5.41) is 8.30. The number of fused-ring (bicyclic) bond motifs is 6. The number of esters is 1. The van der Waals surface area contributed by atoms with Gasteiger partial charge in [0.1, 0.15) is 23.2 Å². The number of carbonyl (C=O) groups excluding carboxylic acids is 3. The first-order valence-corrected chi connectivity index (χ1v) is 23.2. The number of aryl methyl sites for hydroxylation is 1. The van der Waals surface area contributed by atoms with Gasteiger partial charge in [-0.1, -0.05) is 33.8 Å². The van der Waals surface area contributed by atoms with E-state index in [1.54, 1.807) is 20.4 Å². The van der Waals surface area contributed by atoms with Crippen molar-refractivity contribution < 1.29 is 33.3 Å². The van der Waals surface area contributed by atoms with Gasteiger partial charge in [0.25, 0.3) is 5.91 Å². The number of hydrazine groups is 1. The van der Waals surface area contributed by atoms with Gasteiger partial charge >= 0.3 is 5.97 Å². The van der Waals surface area contributed by atoms with E-state index in [0.717, 1.165) is 64.2 Å². The van der Waals surface area contributed by atoms with Gasteiger partial charge in [0, 0.05) is 91.9 Å². The maximum absolute atomic E-state index is 14.9. The zero-order chi connectivity index (χ0) is 43.9. The number of ether oxygens (including phenoxy) is 4. The van der Waals surface area contributed by atoms with Crippen molar-refractivity contribution in [1.29, 1.82) is 0 Å². The first-order valence-electron chi connectivity index (χ1n) is 22.3. The first kappa shape index (κ1) is 44.4. The number of carbonyl (C=O) groups is 3. The Morgan fingerprint density at radius 3 is 2.66 bits per heavy atom. The van der Waals surface area contributed by atoms with Crippen LogP contribution in [-0.2, 0) is 46.3 Å². The van der Waals surface area contributed by atoms with Crippen molar-refractivity contribution in [3.05, 3.63) is 58.2 Å². The molecule has 1 unspecified atom stereocenters. The van der Waals surface area contributed by atoms with Crippen LogP contribution in [0, 0.1) is 23.2 Å². The molecule has 4 aliphatic rings. The minimum absolute atomic E-state index is 0.161. The lowest BCUT2D eigenvalue weighted by Crippen LogP contribution is -2.61. The molecule has 1 aromatic carbocycles. The fourth-order valence-corrected chi connectivity index (χ4v) is 10.6. The molecule has 1 aliphatic carbocycles. The Morgan fingerprint density at radius 1 is 1.13 bits per heavy atom. The zero-order valence-corrected chi connectivity index (χ0v) is 38.3. The number of thiazole rings is 1. The highest BCUT2D eigenvalue weighted by molar-refractivity contribution is 7.10. The summed E-state index contributed by atoms with van der Waals surface area (Å²) in [6, 6.07) is 8.69. The smallest absolute Gasteiger partial charge is 0.324 e. The van der Waals surface area contributed by atoms with Crippen molar-refractivity contribution in [2.75, 3.05) is 53.6 Å². The maximum Gasteiger partial charge on any atom is 0.324 e. The molecule has 62 heavy (non-hydrogen) atoms. The molecule has 1 saturated carbocycles. The van der Waals surface area contributed by atoms with Crippen LogP contribution in [0.15, 0.2) is 41.9 Å². The second-order valence-electron chi connectivity index (χ2n) is 18.4. The molecule has 334 valence electrons. The topological polar surface area (TPSA) is 149 Å². The van der Waals surface area contributed by atoms with Crippen LogP contribution in [0.4, 0.5) is 0 Å². The van der Waals surface area contributed by atoms with E-state index in [9.17, 15) is 14.4 Å². The number of methoxy groups -OCH3 is 2. The van der Waals surface area contributed by atoms with Crippen molar-refractivity contribution in [3.63, 3.8) is 0 Å². The van der Waals surface area contributed by atoms with Gasteiger partial charge < -0.3 is 28.8 Å². The number of rotatable bonds is 11. The Bertz CT molecular complexity index is 2270. The molecule has 0 spiro atoms. The van der Waals surface area contributed by atoms with E-state index < -0.39 is 29.6 Å². The molecule has 8 atom stereocenters. The number of aromatic nitrogens is 3. The molecule has 3 aromatic heterocycles. The number of nitrogens with one attached hydrogen (secondary N) is 2. The molecule has 6 bridgehead atoms. The zero-order valence-electron chi connectivity index (χ0n) is 37.4. The monoisotopic (exact) mass is 869 g/mol. The average Bonchev–Trinajstić information content (AvgIpc) is 3.74. The number of hydrogen-bond donors (Lipinski definition) is 2. The van der Waals surface area contributed by atoms with Crippen LogP contribution >= 0.6 is 11.3 Å². The van der Waals surface area contributed by atoms with E-state index >= 15 is 0 Å². The van der Waals surface area contributed by atoms with E-state index in [-0.39, 0.29) is 48.4 Å². The Labute approximate surface area is 369 Å². The summed E-state index contributed by atoms with van der Waals surface area (Å²) in [6.07, 6.45) is 3.45. The van der Waals surface area contributed by atoms with Crippen LogP contribution in [0.25, 0.3) is 33.4 Å². The van der Waals surface area contributed by atoms with Crippen LogP contribution in [0.5, 0.6) is 0 Å². The Hall–Kier alpha value is -4.25. The summed E-state index contributed by atoms with van der Waals surface area (Å²) >= 11 is 1.42. The minimum Gasteiger partial charge on any atom is -0.464 e. The minimum atomic E-state index is -1.11. The molecule has 8 rings (SSSR count). The van der Waals surface area contributed by atoms with Crippen molar-refractivity contribution in [2.45, 2.75) is 104 Å². The van der Waals surface area contributed by atoms with Crippen molar-refractivity contribution >= 4 is 40.0 Å². The molecule has 3 fully saturated rings. The van der Waals surface area contributed by atoms with E-state index in [1.165, 1.54) is 16.3 Å². The lowest BCUT2D eigenvalue weighted by atomic mass is 9.84. The number of amides is 2. The molecule has 4 aromatic rings. The molecule has 2 amide bonds. The maximum atomic E-state index is 14.9. The highest BCUT2D eigenvalue weighted by Gasteiger charge is 2.50. The summed E-state index contributed by atoms with van der Waals surface area (Å²) in [6.45, 7) is 16.4. The Kier molecular flexibility index (Phi) is 13.2. The third-order valence-corrected chi connectivity index (χ3v) is 14.5. The largest absolute Gasteiger partial charge is 0.464 e.